The zero-order chi connectivity index (χ0) is 11.1. The van der Waals surface area contributed by atoms with E-state index in [0.717, 1.165) is 19.4 Å². The minimum atomic E-state index is -0.720. The third-order valence-electron chi connectivity index (χ3n) is 2.30. The number of aryl methyl sites for hydroxylation is 1. The molecule has 82 valence electrons. The lowest BCUT2D eigenvalue weighted by atomic mass is 10.2. The molecule has 3 heteroatoms. The van der Waals surface area contributed by atoms with E-state index < -0.39 is 5.97 Å². The number of hydrogen-bond acceptors (Lipinski definition) is 2. The van der Waals surface area contributed by atoms with Crippen LogP contribution in [0.2, 0.25) is 0 Å². The van der Waals surface area contributed by atoms with Crippen LogP contribution in [-0.4, -0.2) is 23.7 Å². The van der Waals surface area contributed by atoms with Gasteiger partial charge in [0.1, 0.15) is 6.04 Å². The van der Waals surface area contributed by atoms with Gasteiger partial charge in [-0.1, -0.05) is 35.9 Å². The Morgan fingerprint density at radius 2 is 2.07 bits per heavy atom. The quantitative estimate of drug-likeness (QED) is 0.738. The molecular weight excluding hydrogens is 190 g/mol. The van der Waals surface area contributed by atoms with Gasteiger partial charge < -0.3 is 10.4 Å². The second-order valence-corrected chi connectivity index (χ2v) is 3.64. The molecule has 0 aliphatic carbocycles. The molecule has 15 heavy (non-hydrogen) atoms. The van der Waals surface area contributed by atoms with E-state index in [2.05, 4.69) is 24.4 Å². The lowest BCUT2D eigenvalue weighted by molar-refractivity contribution is -0.139. The molecule has 0 amide bonds. The van der Waals surface area contributed by atoms with Crippen LogP contribution in [0.5, 0.6) is 0 Å². The first-order valence-electron chi connectivity index (χ1n) is 5.18. The predicted molar refractivity (Wildman–Crippen MR) is 59.8 cm³/mol. The van der Waals surface area contributed by atoms with E-state index in [-0.39, 0.29) is 6.04 Å². The number of carboxylic acids is 1. The van der Waals surface area contributed by atoms with E-state index in [4.69, 9.17) is 5.11 Å². The zero-order valence-corrected chi connectivity index (χ0v) is 8.94. The van der Waals surface area contributed by atoms with Gasteiger partial charge in [0.25, 0.3) is 0 Å². The van der Waals surface area contributed by atoms with Gasteiger partial charge in [0, 0.05) is 0 Å². The largest absolute Gasteiger partial charge is 0.480 e. The second-order valence-electron chi connectivity index (χ2n) is 3.64. The normalized spacial score (nSPS) is 19.1. The molecule has 1 aromatic rings. The fraction of sp³-hybridized carbons (Fsp3) is 0.417. The van der Waals surface area contributed by atoms with Crippen LogP contribution in [-0.2, 0) is 4.79 Å². The Morgan fingerprint density at radius 3 is 2.33 bits per heavy atom. The summed E-state index contributed by atoms with van der Waals surface area (Å²) < 4.78 is 0. The van der Waals surface area contributed by atoms with E-state index in [1.54, 1.807) is 0 Å². The Kier molecular flexibility index (Phi) is 4.84. The summed E-state index contributed by atoms with van der Waals surface area (Å²) in [6.45, 7) is 2.94. The van der Waals surface area contributed by atoms with Crippen LogP contribution in [0.4, 0.5) is 0 Å². The summed E-state index contributed by atoms with van der Waals surface area (Å²) in [4.78, 5) is 10.1. The minimum absolute atomic E-state index is 0.269. The molecule has 0 spiro atoms. The monoisotopic (exact) mass is 207 g/mol. The molecule has 1 aliphatic heterocycles. The van der Waals surface area contributed by atoms with Crippen LogP contribution in [0.15, 0.2) is 30.3 Å². The Labute approximate surface area is 90.1 Å². The molecule has 1 heterocycles. The van der Waals surface area contributed by atoms with Crippen molar-refractivity contribution in [2.45, 2.75) is 25.8 Å². The molecule has 1 aromatic carbocycles. The summed E-state index contributed by atoms with van der Waals surface area (Å²) in [5.74, 6) is -0.720. The first-order valence-corrected chi connectivity index (χ1v) is 5.18. The fourth-order valence-electron chi connectivity index (χ4n) is 1.43. The minimum Gasteiger partial charge on any atom is -0.480 e. The van der Waals surface area contributed by atoms with Crippen LogP contribution in [0.1, 0.15) is 18.4 Å². The highest BCUT2D eigenvalue weighted by Gasteiger charge is 2.20. The van der Waals surface area contributed by atoms with E-state index in [1.165, 1.54) is 5.56 Å². The molecule has 0 bridgehead atoms. The van der Waals surface area contributed by atoms with Crippen molar-refractivity contribution in [2.75, 3.05) is 6.54 Å². The van der Waals surface area contributed by atoms with Crippen LogP contribution < -0.4 is 5.32 Å². The SMILES string of the molecule is Cc1ccccc1.O=C(O)[C@@H]1CCCN1. The molecule has 2 N–H and O–H groups in total. The summed E-state index contributed by atoms with van der Waals surface area (Å²) in [6.07, 6.45) is 1.78. The first-order chi connectivity index (χ1) is 7.20. The molecule has 1 saturated heterocycles. The average Bonchev–Trinajstić information content (AvgIpc) is 2.72. The lowest BCUT2D eigenvalue weighted by Gasteiger charge is -1.99. The number of rotatable bonds is 1. The maximum absolute atomic E-state index is 10.1. The summed E-state index contributed by atoms with van der Waals surface area (Å²) in [5.41, 5.74) is 1.32. The number of hydrogen-bond donors (Lipinski definition) is 2. The number of benzene rings is 1. The van der Waals surface area contributed by atoms with Crippen molar-refractivity contribution in [1.82, 2.24) is 5.32 Å². The summed E-state index contributed by atoms with van der Waals surface area (Å²) in [7, 11) is 0. The van der Waals surface area contributed by atoms with Crippen molar-refractivity contribution in [3.8, 4) is 0 Å². The van der Waals surface area contributed by atoms with E-state index in [1.807, 2.05) is 18.2 Å². The van der Waals surface area contributed by atoms with Crippen LogP contribution >= 0.6 is 0 Å². The van der Waals surface area contributed by atoms with Crippen molar-refractivity contribution in [3.05, 3.63) is 35.9 Å². The van der Waals surface area contributed by atoms with Gasteiger partial charge in [0.05, 0.1) is 0 Å². The van der Waals surface area contributed by atoms with Crippen molar-refractivity contribution in [2.24, 2.45) is 0 Å². The third kappa shape index (κ3) is 4.61. The Hall–Kier alpha value is -1.35. The van der Waals surface area contributed by atoms with Gasteiger partial charge in [-0.25, -0.2) is 0 Å². The maximum atomic E-state index is 10.1. The van der Waals surface area contributed by atoms with E-state index in [0.29, 0.717) is 0 Å². The summed E-state index contributed by atoms with van der Waals surface area (Å²) in [5, 5.41) is 11.2. The Morgan fingerprint density at radius 1 is 1.40 bits per heavy atom. The Balaban J connectivity index is 0.000000151. The number of carbonyl (C=O) groups is 1. The van der Waals surface area contributed by atoms with E-state index >= 15 is 0 Å². The molecule has 0 saturated carbocycles. The first kappa shape index (κ1) is 11.7. The van der Waals surface area contributed by atoms with Gasteiger partial charge in [0.15, 0.2) is 0 Å². The number of aliphatic carboxylic acids is 1. The molecule has 0 aromatic heterocycles. The van der Waals surface area contributed by atoms with Gasteiger partial charge >= 0.3 is 5.97 Å². The molecular formula is C12H17NO2. The van der Waals surface area contributed by atoms with Crippen molar-refractivity contribution < 1.29 is 9.90 Å². The molecule has 1 aliphatic rings. The zero-order valence-electron chi connectivity index (χ0n) is 8.94. The third-order valence-corrected chi connectivity index (χ3v) is 2.30. The van der Waals surface area contributed by atoms with Gasteiger partial charge in [0.2, 0.25) is 0 Å². The molecule has 2 rings (SSSR count). The number of carboxylic acid groups (broad SMARTS) is 1. The highest BCUT2D eigenvalue weighted by Crippen LogP contribution is 2.03. The summed E-state index contributed by atoms with van der Waals surface area (Å²) in [6, 6.07) is 9.99. The van der Waals surface area contributed by atoms with E-state index in [9.17, 15) is 4.79 Å². The smallest absolute Gasteiger partial charge is 0.320 e. The Bertz CT molecular complexity index is 292. The van der Waals surface area contributed by atoms with Crippen molar-refractivity contribution >= 4 is 5.97 Å². The van der Waals surface area contributed by atoms with Crippen molar-refractivity contribution in [3.63, 3.8) is 0 Å². The van der Waals surface area contributed by atoms with Crippen LogP contribution in [0, 0.1) is 6.92 Å². The highest BCUT2D eigenvalue weighted by atomic mass is 16.4. The summed E-state index contributed by atoms with van der Waals surface area (Å²) >= 11 is 0. The number of nitrogens with one attached hydrogen (secondary N) is 1. The van der Waals surface area contributed by atoms with Gasteiger partial charge in [-0.15, -0.1) is 0 Å². The standard InChI is InChI=1S/C7H8.C5H9NO2/c1-7-5-3-2-4-6-7;7-5(8)4-2-1-3-6-4/h2-6H,1H3;4,6H,1-3H2,(H,7,8)/t;4-/m.0/s1. The van der Waals surface area contributed by atoms with Gasteiger partial charge in [-0.3, -0.25) is 4.79 Å². The van der Waals surface area contributed by atoms with Crippen LogP contribution in [0.3, 0.4) is 0 Å². The highest BCUT2D eigenvalue weighted by molar-refractivity contribution is 5.73. The lowest BCUT2D eigenvalue weighted by Crippen LogP contribution is -2.29. The topological polar surface area (TPSA) is 49.3 Å². The molecule has 0 radical (unpaired) electrons. The molecule has 0 unspecified atom stereocenters. The van der Waals surface area contributed by atoms with Crippen LogP contribution in [0.25, 0.3) is 0 Å². The van der Waals surface area contributed by atoms with Gasteiger partial charge in [-0.05, 0) is 26.3 Å². The predicted octanol–water partition coefficient (Wildman–Crippen LogP) is 1.82. The van der Waals surface area contributed by atoms with Gasteiger partial charge in [-0.2, -0.15) is 0 Å². The second kappa shape index (κ2) is 6.19. The molecule has 1 fully saturated rings. The molecule has 1 atom stereocenters. The van der Waals surface area contributed by atoms with Crippen molar-refractivity contribution in [1.29, 1.82) is 0 Å². The fourth-order valence-corrected chi connectivity index (χ4v) is 1.43. The average molecular weight is 207 g/mol. The maximum Gasteiger partial charge on any atom is 0.320 e. The molecule has 3 nitrogen and oxygen atoms in total.